The summed E-state index contributed by atoms with van der Waals surface area (Å²) >= 11 is 0. The van der Waals surface area contributed by atoms with Crippen LogP contribution in [-0.2, 0) is 0 Å². The number of aromatic nitrogens is 2. The minimum Gasteiger partial charge on any atom is -0.291 e. The van der Waals surface area contributed by atoms with Gasteiger partial charge in [-0.2, -0.15) is 13.2 Å². The van der Waals surface area contributed by atoms with E-state index in [0.29, 0.717) is 0 Å². The van der Waals surface area contributed by atoms with Gasteiger partial charge < -0.3 is 0 Å². The molecule has 1 heterocycles. The summed E-state index contributed by atoms with van der Waals surface area (Å²) in [5.41, 5.74) is -0.347. The van der Waals surface area contributed by atoms with Crippen molar-refractivity contribution in [3.05, 3.63) is 60.2 Å². The third-order valence-electron chi connectivity index (χ3n) is 2.56. The molecule has 19 heavy (non-hydrogen) atoms. The summed E-state index contributed by atoms with van der Waals surface area (Å²) in [7, 11) is 0. The standard InChI is InChI=1S/C13H9F3N2O/c14-13(15,16)11(9-4-2-1-3-5-9)12(19)10-6-7-17-8-18-10/h1-8,11H. The van der Waals surface area contributed by atoms with Gasteiger partial charge in [-0.05, 0) is 11.6 Å². The lowest BCUT2D eigenvalue weighted by molar-refractivity contribution is -0.139. The molecule has 0 radical (unpaired) electrons. The molecule has 2 aromatic rings. The molecule has 1 aromatic carbocycles. The van der Waals surface area contributed by atoms with E-state index in [1.54, 1.807) is 6.07 Å². The first-order chi connectivity index (χ1) is 9.00. The number of alkyl halides is 3. The van der Waals surface area contributed by atoms with E-state index in [2.05, 4.69) is 9.97 Å². The minimum absolute atomic E-state index is 0.0985. The normalized spacial score (nSPS) is 13.0. The van der Waals surface area contributed by atoms with Crippen LogP contribution in [0.3, 0.4) is 0 Å². The Kier molecular flexibility index (Phi) is 3.59. The van der Waals surface area contributed by atoms with Gasteiger partial charge in [-0.25, -0.2) is 9.97 Å². The number of carbonyl (C=O) groups is 1. The highest BCUT2D eigenvalue weighted by atomic mass is 19.4. The molecule has 0 aliphatic heterocycles. The van der Waals surface area contributed by atoms with Crippen molar-refractivity contribution in [3.63, 3.8) is 0 Å². The number of hydrogen-bond acceptors (Lipinski definition) is 3. The number of hydrogen-bond donors (Lipinski definition) is 0. The molecule has 0 aliphatic rings. The second-order valence-electron chi connectivity index (χ2n) is 3.84. The second kappa shape index (κ2) is 5.17. The van der Waals surface area contributed by atoms with Gasteiger partial charge in [0.1, 0.15) is 17.9 Å². The fourth-order valence-corrected chi connectivity index (χ4v) is 1.72. The van der Waals surface area contributed by atoms with Gasteiger partial charge in [-0.3, -0.25) is 4.79 Å². The Bertz CT molecular complexity index is 555. The van der Waals surface area contributed by atoms with E-state index >= 15 is 0 Å². The molecule has 1 atom stereocenters. The molecular formula is C13H9F3N2O. The Labute approximate surface area is 107 Å². The van der Waals surface area contributed by atoms with Crippen molar-refractivity contribution in [1.82, 2.24) is 9.97 Å². The van der Waals surface area contributed by atoms with E-state index in [4.69, 9.17) is 0 Å². The number of Topliss-reactive ketones (excluding diaryl/α,β-unsaturated/α-hetero) is 1. The maximum atomic E-state index is 13.1. The van der Waals surface area contributed by atoms with Crippen LogP contribution in [0.1, 0.15) is 22.0 Å². The fraction of sp³-hybridized carbons (Fsp3) is 0.154. The molecule has 0 aliphatic carbocycles. The van der Waals surface area contributed by atoms with Crippen LogP contribution in [0.2, 0.25) is 0 Å². The van der Waals surface area contributed by atoms with E-state index in [9.17, 15) is 18.0 Å². The molecular weight excluding hydrogens is 257 g/mol. The van der Waals surface area contributed by atoms with Crippen molar-refractivity contribution < 1.29 is 18.0 Å². The third kappa shape index (κ3) is 2.96. The molecule has 98 valence electrons. The van der Waals surface area contributed by atoms with E-state index in [1.807, 2.05) is 0 Å². The largest absolute Gasteiger partial charge is 0.403 e. The highest BCUT2D eigenvalue weighted by Gasteiger charge is 2.46. The van der Waals surface area contributed by atoms with Crippen molar-refractivity contribution in [2.24, 2.45) is 0 Å². The Balaban J connectivity index is 2.43. The molecule has 1 aromatic heterocycles. The molecule has 0 saturated heterocycles. The molecule has 3 nitrogen and oxygen atoms in total. The number of halogens is 3. The van der Waals surface area contributed by atoms with Crippen LogP contribution in [-0.4, -0.2) is 21.9 Å². The van der Waals surface area contributed by atoms with Gasteiger partial charge in [0.2, 0.25) is 0 Å². The van der Waals surface area contributed by atoms with Crippen molar-refractivity contribution in [3.8, 4) is 0 Å². The van der Waals surface area contributed by atoms with Gasteiger partial charge in [0.05, 0.1) is 0 Å². The number of ketones is 1. The smallest absolute Gasteiger partial charge is 0.291 e. The molecule has 0 bridgehead atoms. The van der Waals surface area contributed by atoms with E-state index < -0.39 is 17.9 Å². The van der Waals surface area contributed by atoms with Crippen LogP contribution in [0.25, 0.3) is 0 Å². The highest BCUT2D eigenvalue weighted by molar-refractivity contribution is 5.99. The van der Waals surface area contributed by atoms with Crippen LogP contribution < -0.4 is 0 Å². The van der Waals surface area contributed by atoms with Crippen LogP contribution >= 0.6 is 0 Å². The Hall–Kier alpha value is -2.24. The molecule has 0 amide bonds. The van der Waals surface area contributed by atoms with Gasteiger partial charge in [0, 0.05) is 6.20 Å². The molecule has 0 saturated carbocycles. The summed E-state index contributed by atoms with van der Waals surface area (Å²) in [5, 5.41) is 0. The Morgan fingerprint density at radius 3 is 2.32 bits per heavy atom. The minimum atomic E-state index is -4.66. The monoisotopic (exact) mass is 266 g/mol. The van der Waals surface area contributed by atoms with Crippen LogP contribution in [0.4, 0.5) is 13.2 Å². The van der Waals surface area contributed by atoms with Crippen molar-refractivity contribution in [2.75, 3.05) is 0 Å². The number of nitrogens with zero attached hydrogens (tertiary/aromatic N) is 2. The number of benzene rings is 1. The summed E-state index contributed by atoms with van der Waals surface area (Å²) in [4.78, 5) is 19.1. The summed E-state index contributed by atoms with van der Waals surface area (Å²) in [6, 6.07) is 8.23. The second-order valence-corrected chi connectivity index (χ2v) is 3.84. The first kappa shape index (κ1) is 13.2. The SMILES string of the molecule is O=C(c1ccncn1)C(c1ccccc1)C(F)(F)F. The molecule has 0 spiro atoms. The van der Waals surface area contributed by atoms with Crippen molar-refractivity contribution >= 4 is 5.78 Å². The summed E-state index contributed by atoms with van der Waals surface area (Å²) in [6.07, 6.45) is -2.38. The number of carbonyl (C=O) groups excluding carboxylic acids is 1. The summed E-state index contributed by atoms with van der Waals surface area (Å²) < 4.78 is 39.2. The van der Waals surface area contributed by atoms with Gasteiger partial charge in [0.25, 0.3) is 0 Å². The molecule has 6 heteroatoms. The quantitative estimate of drug-likeness (QED) is 0.802. The Morgan fingerprint density at radius 1 is 1.11 bits per heavy atom. The zero-order chi connectivity index (χ0) is 13.9. The van der Waals surface area contributed by atoms with E-state index in [-0.39, 0.29) is 11.3 Å². The number of rotatable bonds is 3. The van der Waals surface area contributed by atoms with Gasteiger partial charge in [-0.1, -0.05) is 30.3 Å². The first-order valence-electron chi connectivity index (χ1n) is 5.42. The molecule has 2 rings (SSSR count). The lowest BCUT2D eigenvalue weighted by Gasteiger charge is -2.19. The first-order valence-corrected chi connectivity index (χ1v) is 5.42. The lowest BCUT2D eigenvalue weighted by Crippen LogP contribution is -2.29. The third-order valence-corrected chi connectivity index (χ3v) is 2.56. The predicted molar refractivity (Wildman–Crippen MR) is 61.6 cm³/mol. The topological polar surface area (TPSA) is 42.9 Å². The van der Waals surface area contributed by atoms with Crippen molar-refractivity contribution in [2.45, 2.75) is 12.1 Å². The van der Waals surface area contributed by atoms with Gasteiger partial charge in [-0.15, -0.1) is 0 Å². The average Bonchev–Trinajstić information content (AvgIpc) is 2.39. The zero-order valence-corrected chi connectivity index (χ0v) is 9.63. The zero-order valence-electron chi connectivity index (χ0n) is 9.63. The van der Waals surface area contributed by atoms with E-state index in [1.165, 1.54) is 36.5 Å². The molecule has 0 N–H and O–H groups in total. The molecule has 0 fully saturated rings. The summed E-state index contributed by atoms with van der Waals surface area (Å²) in [6.45, 7) is 0. The lowest BCUT2D eigenvalue weighted by atomic mass is 9.92. The van der Waals surface area contributed by atoms with Crippen LogP contribution in [0.15, 0.2) is 48.9 Å². The van der Waals surface area contributed by atoms with Crippen LogP contribution in [0.5, 0.6) is 0 Å². The maximum absolute atomic E-state index is 13.1. The predicted octanol–water partition coefficient (Wildman–Crippen LogP) is 3.01. The van der Waals surface area contributed by atoms with E-state index in [0.717, 1.165) is 6.33 Å². The summed E-state index contributed by atoms with van der Waals surface area (Å²) in [5.74, 6) is -3.29. The van der Waals surface area contributed by atoms with Crippen LogP contribution in [0, 0.1) is 0 Å². The fourth-order valence-electron chi connectivity index (χ4n) is 1.72. The van der Waals surface area contributed by atoms with Gasteiger partial charge in [0.15, 0.2) is 5.78 Å². The van der Waals surface area contributed by atoms with Crippen molar-refractivity contribution in [1.29, 1.82) is 0 Å². The Morgan fingerprint density at radius 2 is 1.79 bits per heavy atom. The van der Waals surface area contributed by atoms with Gasteiger partial charge >= 0.3 is 6.18 Å². The average molecular weight is 266 g/mol. The molecule has 1 unspecified atom stereocenters. The maximum Gasteiger partial charge on any atom is 0.403 e. The highest BCUT2D eigenvalue weighted by Crippen LogP contribution is 2.36.